The average Bonchev–Trinajstić information content (AvgIpc) is 2.56. The van der Waals surface area contributed by atoms with E-state index in [2.05, 4.69) is 26.3 Å². The molecule has 2 saturated heterocycles. The van der Waals surface area contributed by atoms with Crippen LogP contribution >= 0.6 is 0 Å². The molecule has 5 nitrogen and oxygen atoms in total. The molecule has 0 unspecified atom stereocenters. The Labute approximate surface area is 127 Å². The normalized spacial score (nSPS) is 22.3. The Bertz CT molecular complexity index is 436. The molecular formula is C16H27N5. The number of pyridine rings is 1. The molecule has 3 N–H and O–H groups in total. The minimum atomic E-state index is 0.746. The highest BCUT2D eigenvalue weighted by Crippen LogP contribution is 2.21. The topological polar surface area (TPSA) is 57.4 Å². The number of aromatic nitrogens is 1. The third-order valence-corrected chi connectivity index (χ3v) is 4.80. The standard InChI is InChI=1S/C16H27N5/c17-19-16-6-4-5-14(18-16)13-20-11-7-15(8-12-20)21-9-2-1-3-10-21/h4-6,15H,1-3,7-13,17H2,(H,18,19). The van der Waals surface area contributed by atoms with Crippen LogP contribution in [0.4, 0.5) is 5.82 Å². The van der Waals surface area contributed by atoms with Crippen molar-refractivity contribution in [2.45, 2.75) is 44.7 Å². The van der Waals surface area contributed by atoms with Crippen LogP contribution in [-0.4, -0.2) is 47.0 Å². The Morgan fingerprint density at radius 3 is 2.57 bits per heavy atom. The van der Waals surface area contributed by atoms with Crippen LogP contribution < -0.4 is 11.3 Å². The molecular weight excluding hydrogens is 262 g/mol. The van der Waals surface area contributed by atoms with Gasteiger partial charge in [-0.05, 0) is 50.9 Å². The van der Waals surface area contributed by atoms with Crippen molar-refractivity contribution in [3.8, 4) is 0 Å². The van der Waals surface area contributed by atoms with E-state index in [0.717, 1.165) is 24.1 Å². The molecule has 1 aromatic heterocycles. The van der Waals surface area contributed by atoms with E-state index < -0.39 is 0 Å². The van der Waals surface area contributed by atoms with Gasteiger partial charge >= 0.3 is 0 Å². The molecule has 3 heterocycles. The molecule has 0 bridgehead atoms. The van der Waals surface area contributed by atoms with Crippen LogP contribution in [0.2, 0.25) is 0 Å². The molecule has 0 aromatic carbocycles. The second kappa shape index (κ2) is 7.20. The SMILES string of the molecule is NNc1cccc(CN2CCC(N3CCCCC3)CC2)n1. The summed E-state index contributed by atoms with van der Waals surface area (Å²) in [5.41, 5.74) is 3.72. The first kappa shape index (κ1) is 14.8. The number of anilines is 1. The summed E-state index contributed by atoms with van der Waals surface area (Å²) in [6.45, 7) is 5.93. The van der Waals surface area contributed by atoms with E-state index in [1.165, 1.54) is 58.3 Å². The van der Waals surface area contributed by atoms with E-state index >= 15 is 0 Å². The fraction of sp³-hybridized carbons (Fsp3) is 0.688. The van der Waals surface area contributed by atoms with Crippen molar-refractivity contribution < 1.29 is 0 Å². The molecule has 1 aromatic rings. The summed E-state index contributed by atoms with van der Waals surface area (Å²) in [7, 11) is 0. The van der Waals surface area contributed by atoms with E-state index in [-0.39, 0.29) is 0 Å². The van der Waals surface area contributed by atoms with E-state index in [0.29, 0.717) is 0 Å². The molecule has 2 aliphatic heterocycles. The number of nitrogens with zero attached hydrogens (tertiary/aromatic N) is 3. The zero-order valence-electron chi connectivity index (χ0n) is 12.8. The highest BCUT2D eigenvalue weighted by Gasteiger charge is 2.25. The molecule has 2 fully saturated rings. The summed E-state index contributed by atoms with van der Waals surface area (Å²) >= 11 is 0. The quantitative estimate of drug-likeness (QED) is 0.654. The Hall–Kier alpha value is -1.17. The number of hydrogen-bond donors (Lipinski definition) is 2. The maximum atomic E-state index is 5.42. The highest BCUT2D eigenvalue weighted by atomic mass is 15.3. The van der Waals surface area contributed by atoms with E-state index in [9.17, 15) is 0 Å². The van der Waals surface area contributed by atoms with E-state index in [1.54, 1.807) is 0 Å². The van der Waals surface area contributed by atoms with Crippen molar-refractivity contribution in [2.75, 3.05) is 31.6 Å². The van der Waals surface area contributed by atoms with Gasteiger partial charge in [0.25, 0.3) is 0 Å². The molecule has 116 valence electrons. The molecule has 3 rings (SSSR count). The predicted molar refractivity (Wildman–Crippen MR) is 85.8 cm³/mol. The largest absolute Gasteiger partial charge is 0.308 e. The number of nitrogens with two attached hydrogens (primary N) is 1. The van der Waals surface area contributed by atoms with Gasteiger partial charge in [-0.15, -0.1) is 0 Å². The molecule has 0 saturated carbocycles. The van der Waals surface area contributed by atoms with Gasteiger partial charge in [0.1, 0.15) is 5.82 Å². The van der Waals surface area contributed by atoms with Crippen LogP contribution in [0, 0.1) is 0 Å². The number of rotatable bonds is 4. The van der Waals surface area contributed by atoms with Crippen molar-refractivity contribution in [3.05, 3.63) is 23.9 Å². The van der Waals surface area contributed by atoms with Gasteiger partial charge in [-0.2, -0.15) is 0 Å². The van der Waals surface area contributed by atoms with Crippen LogP contribution in [0.15, 0.2) is 18.2 Å². The molecule has 5 heteroatoms. The summed E-state index contributed by atoms with van der Waals surface area (Å²) in [6.07, 6.45) is 6.81. The lowest BCUT2D eigenvalue weighted by Crippen LogP contribution is -2.46. The van der Waals surface area contributed by atoms with Crippen molar-refractivity contribution in [1.29, 1.82) is 0 Å². The van der Waals surface area contributed by atoms with Crippen molar-refractivity contribution in [3.63, 3.8) is 0 Å². The third kappa shape index (κ3) is 3.93. The van der Waals surface area contributed by atoms with Gasteiger partial charge < -0.3 is 10.3 Å². The van der Waals surface area contributed by atoms with E-state index in [1.807, 2.05) is 12.1 Å². The van der Waals surface area contributed by atoms with Gasteiger partial charge in [0.05, 0.1) is 5.69 Å². The highest BCUT2D eigenvalue weighted by molar-refractivity contribution is 5.33. The molecule has 0 aliphatic carbocycles. The van der Waals surface area contributed by atoms with Crippen LogP contribution in [-0.2, 0) is 6.54 Å². The smallest absolute Gasteiger partial charge is 0.140 e. The monoisotopic (exact) mass is 289 g/mol. The zero-order valence-corrected chi connectivity index (χ0v) is 12.8. The van der Waals surface area contributed by atoms with Gasteiger partial charge in [-0.25, -0.2) is 10.8 Å². The summed E-state index contributed by atoms with van der Waals surface area (Å²) < 4.78 is 0. The maximum Gasteiger partial charge on any atom is 0.140 e. The number of piperidine rings is 2. The molecule has 21 heavy (non-hydrogen) atoms. The number of likely N-dealkylation sites (tertiary alicyclic amines) is 2. The first-order chi connectivity index (χ1) is 10.3. The van der Waals surface area contributed by atoms with Crippen molar-refractivity contribution >= 4 is 5.82 Å². The van der Waals surface area contributed by atoms with Crippen LogP contribution in [0.5, 0.6) is 0 Å². The average molecular weight is 289 g/mol. The first-order valence-electron chi connectivity index (χ1n) is 8.24. The third-order valence-electron chi connectivity index (χ3n) is 4.80. The zero-order chi connectivity index (χ0) is 14.5. The lowest BCUT2D eigenvalue weighted by molar-refractivity contribution is 0.0891. The Morgan fingerprint density at radius 1 is 1.10 bits per heavy atom. The first-order valence-corrected chi connectivity index (χ1v) is 8.24. The number of nitrogen functional groups attached to an aromatic ring is 1. The second-order valence-corrected chi connectivity index (χ2v) is 6.26. The fourth-order valence-electron chi connectivity index (χ4n) is 3.60. The summed E-state index contributed by atoms with van der Waals surface area (Å²) in [4.78, 5) is 9.74. The minimum Gasteiger partial charge on any atom is -0.308 e. The van der Waals surface area contributed by atoms with E-state index in [4.69, 9.17) is 5.84 Å². The van der Waals surface area contributed by atoms with Crippen LogP contribution in [0.3, 0.4) is 0 Å². The predicted octanol–water partition coefficient (Wildman–Crippen LogP) is 1.82. The summed E-state index contributed by atoms with van der Waals surface area (Å²) in [5, 5.41) is 0. The number of hydrazine groups is 1. The number of nitrogens with one attached hydrogen (secondary N) is 1. The molecule has 0 radical (unpaired) electrons. The van der Waals surface area contributed by atoms with Crippen LogP contribution in [0.25, 0.3) is 0 Å². The Kier molecular flexibility index (Phi) is 5.06. The second-order valence-electron chi connectivity index (χ2n) is 6.26. The fourth-order valence-corrected chi connectivity index (χ4v) is 3.60. The van der Waals surface area contributed by atoms with Gasteiger partial charge in [0, 0.05) is 25.7 Å². The van der Waals surface area contributed by atoms with Crippen molar-refractivity contribution in [1.82, 2.24) is 14.8 Å². The van der Waals surface area contributed by atoms with Crippen molar-refractivity contribution in [2.24, 2.45) is 5.84 Å². The molecule has 0 amide bonds. The van der Waals surface area contributed by atoms with Gasteiger partial charge in [-0.1, -0.05) is 12.5 Å². The molecule has 2 aliphatic rings. The van der Waals surface area contributed by atoms with Gasteiger partial charge in [0.15, 0.2) is 0 Å². The molecule has 0 spiro atoms. The number of hydrogen-bond acceptors (Lipinski definition) is 5. The summed E-state index contributed by atoms with van der Waals surface area (Å²) in [6, 6.07) is 6.80. The Morgan fingerprint density at radius 2 is 1.86 bits per heavy atom. The van der Waals surface area contributed by atoms with Gasteiger partial charge in [0.2, 0.25) is 0 Å². The maximum absolute atomic E-state index is 5.42. The summed E-state index contributed by atoms with van der Waals surface area (Å²) in [5.74, 6) is 6.17. The van der Waals surface area contributed by atoms with Gasteiger partial charge in [-0.3, -0.25) is 4.90 Å². The Balaban J connectivity index is 1.48. The van der Waals surface area contributed by atoms with Crippen LogP contribution in [0.1, 0.15) is 37.8 Å². The lowest BCUT2D eigenvalue weighted by Gasteiger charge is -2.40. The minimum absolute atomic E-state index is 0.746. The molecule has 0 atom stereocenters. The lowest BCUT2D eigenvalue weighted by atomic mass is 10.00.